The van der Waals surface area contributed by atoms with Gasteiger partial charge in [0.1, 0.15) is 5.82 Å². The average molecular weight is 268 g/mol. The Morgan fingerprint density at radius 1 is 1.17 bits per heavy atom. The quantitative estimate of drug-likeness (QED) is 0.821. The fourth-order valence-corrected chi connectivity index (χ4v) is 2.70. The molecule has 0 N–H and O–H groups in total. The minimum absolute atomic E-state index is 0.178. The summed E-state index contributed by atoms with van der Waals surface area (Å²) in [5.41, 5.74) is 0.692. The first-order chi connectivity index (χ1) is 8.74. The Balaban J connectivity index is 1.64. The Bertz CT molecular complexity index is 431. The first-order valence-electron chi connectivity index (χ1n) is 6.29. The normalized spacial score (nSPS) is 22.0. The van der Waals surface area contributed by atoms with E-state index in [4.69, 9.17) is 4.74 Å². The van der Waals surface area contributed by atoms with E-state index in [1.54, 1.807) is 0 Å². The van der Waals surface area contributed by atoms with E-state index in [0.717, 1.165) is 39.4 Å². The van der Waals surface area contributed by atoms with Gasteiger partial charge in [-0.1, -0.05) is 0 Å². The van der Waals surface area contributed by atoms with Crippen LogP contribution in [0.25, 0.3) is 0 Å². The van der Waals surface area contributed by atoms with Crippen LogP contribution in [0.2, 0.25) is 0 Å². The Morgan fingerprint density at radius 2 is 1.89 bits per heavy atom. The van der Waals surface area contributed by atoms with Crippen LogP contribution in [-0.2, 0) is 4.74 Å². The number of ether oxygens (including phenoxy) is 1. The molecule has 0 atom stereocenters. The van der Waals surface area contributed by atoms with Crippen LogP contribution in [0.1, 0.15) is 0 Å². The zero-order valence-corrected chi connectivity index (χ0v) is 11.1. The van der Waals surface area contributed by atoms with E-state index in [9.17, 15) is 4.39 Å². The molecule has 5 heteroatoms. The lowest BCUT2D eigenvalue weighted by Crippen LogP contribution is -2.56. The summed E-state index contributed by atoms with van der Waals surface area (Å²) in [6, 6.07) is 5.72. The summed E-state index contributed by atoms with van der Waals surface area (Å²) in [5, 5.41) is 0. The highest BCUT2D eigenvalue weighted by Crippen LogP contribution is 2.24. The van der Waals surface area contributed by atoms with Gasteiger partial charge in [0.2, 0.25) is 0 Å². The number of anilines is 1. The first kappa shape index (κ1) is 12.3. The molecule has 0 radical (unpaired) electrons. The molecule has 3 nitrogen and oxygen atoms in total. The van der Waals surface area contributed by atoms with Gasteiger partial charge in [0.15, 0.2) is 0 Å². The van der Waals surface area contributed by atoms with Crippen molar-refractivity contribution in [2.75, 3.05) is 44.3 Å². The maximum Gasteiger partial charge on any atom is 0.147 e. The molecular formula is C13H17FN2OS. The maximum atomic E-state index is 13.8. The molecule has 2 fully saturated rings. The molecule has 0 spiro atoms. The lowest BCUT2D eigenvalue weighted by molar-refractivity contribution is -0.0660. The second-order valence-corrected chi connectivity index (χ2v) is 5.37. The fourth-order valence-electron chi connectivity index (χ4n) is 2.51. The van der Waals surface area contributed by atoms with Crippen molar-refractivity contribution >= 4 is 18.3 Å². The number of benzene rings is 1. The van der Waals surface area contributed by atoms with Crippen molar-refractivity contribution in [2.24, 2.45) is 0 Å². The molecule has 0 unspecified atom stereocenters. The Kier molecular flexibility index (Phi) is 3.46. The van der Waals surface area contributed by atoms with Crippen LogP contribution >= 0.6 is 12.6 Å². The van der Waals surface area contributed by atoms with E-state index in [1.165, 1.54) is 6.07 Å². The largest absolute Gasteiger partial charge is 0.378 e. The second kappa shape index (κ2) is 5.07. The topological polar surface area (TPSA) is 15.7 Å². The molecule has 2 saturated heterocycles. The predicted molar refractivity (Wildman–Crippen MR) is 72.0 cm³/mol. The molecule has 2 heterocycles. The second-order valence-electron chi connectivity index (χ2n) is 4.85. The predicted octanol–water partition coefficient (Wildman–Crippen LogP) is 1.64. The van der Waals surface area contributed by atoms with E-state index < -0.39 is 0 Å². The van der Waals surface area contributed by atoms with Crippen LogP contribution in [0, 0.1) is 5.82 Å². The van der Waals surface area contributed by atoms with Gasteiger partial charge >= 0.3 is 0 Å². The van der Waals surface area contributed by atoms with Gasteiger partial charge in [0.25, 0.3) is 0 Å². The number of hydrogen-bond acceptors (Lipinski definition) is 4. The summed E-state index contributed by atoms with van der Waals surface area (Å²) in [7, 11) is 0. The minimum Gasteiger partial charge on any atom is -0.378 e. The molecular weight excluding hydrogens is 251 g/mol. The van der Waals surface area contributed by atoms with E-state index in [1.807, 2.05) is 12.1 Å². The smallest absolute Gasteiger partial charge is 0.147 e. The fraction of sp³-hybridized carbons (Fsp3) is 0.538. The number of hydrogen-bond donors (Lipinski definition) is 1. The lowest BCUT2D eigenvalue weighted by atomic mass is 10.1. The summed E-state index contributed by atoms with van der Waals surface area (Å²) >= 11 is 4.15. The zero-order chi connectivity index (χ0) is 12.5. The Morgan fingerprint density at radius 3 is 2.44 bits per heavy atom. The molecule has 0 aromatic heterocycles. The van der Waals surface area contributed by atoms with Crippen LogP contribution in [0.5, 0.6) is 0 Å². The molecule has 2 aliphatic heterocycles. The van der Waals surface area contributed by atoms with Crippen LogP contribution in [0.15, 0.2) is 23.1 Å². The van der Waals surface area contributed by atoms with Crippen molar-refractivity contribution in [1.29, 1.82) is 0 Å². The SMILES string of the molecule is Fc1cc(S)ccc1N1CCN(C2COC2)CC1. The van der Waals surface area contributed by atoms with Crippen LogP contribution in [0.3, 0.4) is 0 Å². The molecule has 0 bridgehead atoms. The van der Waals surface area contributed by atoms with E-state index in [2.05, 4.69) is 22.4 Å². The van der Waals surface area contributed by atoms with Crippen molar-refractivity contribution in [3.63, 3.8) is 0 Å². The third-order valence-corrected chi connectivity index (χ3v) is 4.00. The number of rotatable bonds is 2. The van der Waals surface area contributed by atoms with Gasteiger partial charge in [-0.25, -0.2) is 4.39 Å². The third-order valence-electron chi connectivity index (χ3n) is 3.72. The molecule has 0 aliphatic carbocycles. The van der Waals surface area contributed by atoms with Crippen LogP contribution in [0.4, 0.5) is 10.1 Å². The molecule has 2 aliphatic rings. The molecule has 18 heavy (non-hydrogen) atoms. The molecule has 0 saturated carbocycles. The van der Waals surface area contributed by atoms with Crippen molar-refractivity contribution in [3.8, 4) is 0 Å². The summed E-state index contributed by atoms with van der Waals surface area (Å²) < 4.78 is 19.1. The van der Waals surface area contributed by atoms with E-state index in [-0.39, 0.29) is 5.82 Å². The molecule has 1 aromatic carbocycles. The van der Waals surface area contributed by atoms with Gasteiger partial charge in [0, 0.05) is 31.1 Å². The van der Waals surface area contributed by atoms with Gasteiger partial charge in [-0.3, -0.25) is 4.90 Å². The number of thiol groups is 1. The standard InChI is InChI=1S/C13H17FN2OS/c14-12-7-11(18)1-2-13(12)16-5-3-15(4-6-16)10-8-17-9-10/h1-2,7,10,18H,3-6,8-9H2. The minimum atomic E-state index is -0.178. The Hall–Kier alpha value is -0.780. The summed E-state index contributed by atoms with van der Waals surface area (Å²) in [6.45, 7) is 5.41. The highest BCUT2D eigenvalue weighted by atomic mass is 32.1. The lowest BCUT2D eigenvalue weighted by Gasteiger charge is -2.43. The zero-order valence-electron chi connectivity index (χ0n) is 10.2. The van der Waals surface area contributed by atoms with Gasteiger partial charge < -0.3 is 9.64 Å². The first-order valence-corrected chi connectivity index (χ1v) is 6.74. The Labute approximate surface area is 112 Å². The molecule has 3 rings (SSSR count). The molecule has 1 aromatic rings. The van der Waals surface area contributed by atoms with Crippen LogP contribution < -0.4 is 4.90 Å². The van der Waals surface area contributed by atoms with Crippen LogP contribution in [-0.4, -0.2) is 50.3 Å². The molecule has 98 valence electrons. The average Bonchev–Trinajstić information content (AvgIpc) is 2.28. The van der Waals surface area contributed by atoms with Crippen molar-refractivity contribution in [3.05, 3.63) is 24.0 Å². The van der Waals surface area contributed by atoms with Crippen molar-refractivity contribution in [1.82, 2.24) is 4.90 Å². The maximum absolute atomic E-state index is 13.8. The van der Waals surface area contributed by atoms with Gasteiger partial charge in [-0.15, -0.1) is 12.6 Å². The highest BCUT2D eigenvalue weighted by Gasteiger charge is 2.29. The van der Waals surface area contributed by atoms with Crippen molar-refractivity contribution in [2.45, 2.75) is 10.9 Å². The van der Waals surface area contributed by atoms with Gasteiger partial charge in [-0.2, -0.15) is 0 Å². The summed E-state index contributed by atoms with van der Waals surface area (Å²) in [6.07, 6.45) is 0. The van der Waals surface area contributed by atoms with Gasteiger partial charge in [0.05, 0.1) is 24.9 Å². The molecule has 0 amide bonds. The van der Waals surface area contributed by atoms with Crippen molar-refractivity contribution < 1.29 is 9.13 Å². The number of piperazine rings is 1. The van der Waals surface area contributed by atoms with E-state index >= 15 is 0 Å². The highest BCUT2D eigenvalue weighted by molar-refractivity contribution is 7.80. The number of nitrogens with zero attached hydrogens (tertiary/aromatic N) is 2. The summed E-state index contributed by atoms with van der Waals surface area (Å²) in [4.78, 5) is 5.21. The third kappa shape index (κ3) is 2.35. The summed E-state index contributed by atoms with van der Waals surface area (Å²) in [5.74, 6) is -0.178. The monoisotopic (exact) mass is 268 g/mol. The van der Waals surface area contributed by atoms with Gasteiger partial charge in [-0.05, 0) is 18.2 Å². The number of halogens is 1. The van der Waals surface area contributed by atoms with E-state index in [0.29, 0.717) is 16.6 Å².